The summed E-state index contributed by atoms with van der Waals surface area (Å²) in [7, 11) is 0. The van der Waals surface area contributed by atoms with E-state index >= 15 is 0 Å². The van der Waals surface area contributed by atoms with E-state index in [0.717, 1.165) is 36.0 Å². The minimum atomic E-state index is 0.755. The van der Waals surface area contributed by atoms with Gasteiger partial charge in [0.1, 0.15) is 5.75 Å². The van der Waals surface area contributed by atoms with Crippen LogP contribution in [0.25, 0.3) is 0 Å². The molecule has 20 heavy (non-hydrogen) atoms. The molecule has 0 fully saturated rings. The van der Waals surface area contributed by atoms with Gasteiger partial charge in [0.05, 0.1) is 6.61 Å². The van der Waals surface area contributed by atoms with E-state index in [2.05, 4.69) is 31.2 Å². The fourth-order valence-corrected chi connectivity index (χ4v) is 2.88. The van der Waals surface area contributed by atoms with Gasteiger partial charge >= 0.3 is 0 Å². The maximum Gasteiger partial charge on any atom is 0.119 e. The van der Waals surface area contributed by atoms with E-state index in [1.54, 1.807) is 0 Å². The maximum absolute atomic E-state index is 5.67. The van der Waals surface area contributed by atoms with Crippen LogP contribution in [0, 0.1) is 6.92 Å². The van der Waals surface area contributed by atoms with Crippen LogP contribution >= 0.6 is 11.8 Å². The largest absolute Gasteiger partial charge is 0.494 e. The zero-order valence-corrected chi connectivity index (χ0v) is 12.7. The first-order chi connectivity index (χ1) is 9.75. The average Bonchev–Trinajstić information content (AvgIpc) is 2.46. The van der Waals surface area contributed by atoms with Crippen molar-refractivity contribution < 1.29 is 4.74 Å². The van der Waals surface area contributed by atoms with Crippen LogP contribution in [0.5, 0.6) is 5.75 Å². The molecule has 2 aromatic carbocycles. The highest BCUT2D eigenvalue weighted by molar-refractivity contribution is 7.98. The molecule has 0 radical (unpaired) electrons. The predicted octanol–water partition coefficient (Wildman–Crippen LogP) is 4.28. The van der Waals surface area contributed by atoms with Crippen LogP contribution < -0.4 is 10.5 Å². The van der Waals surface area contributed by atoms with E-state index in [0.29, 0.717) is 0 Å². The molecule has 0 heterocycles. The standard InChI is InChI=1S/C17H21NOS/c1-14-5-2-3-6-15(14)13-20-12-4-11-19-17-9-7-16(18)8-10-17/h2-3,5-10H,4,11-13,18H2,1H3. The van der Waals surface area contributed by atoms with Crippen molar-refractivity contribution in [1.29, 1.82) is 0 Å². The van der Waals surface area contributed by atoms with Crippen LogP contribution in [-0.2, 0) is 5.75 Å². The van der Waals surface area contributed by atoms with Crippen molar-refractivity contribution in [3.05, 3.63) is 59.7 Å². The van der Waals surface area contributed by atoms with Crippen LogP contribution in [0.15, 0.2) is 48.5 Å². The highest BCUT2D eigenvalue weighted by atomic mass is 32.2. The molecule has 0 amide bonds. The first-order valence-electron chi connectivity index (χ1n) is 6.86. The number of thioether (sulfide) groups is 1. The highest BCUT2D eigenvalue weighted by Gasteiger charge is 1.98. The Morgan fingerprint density at radius 1 is 1.05 bits per heavy atom. The summed E-state index contributed by atoms with van der Waals surface area (Å²) >= 11 is 1.96. The third kappa shape index (κ3) is 4.82. The Balaban J connectivity index is 1.60. The number of hydrogen-bond acceptors (Lipinski definition) is 3. The molecule has 0 saturated heterocycles. The number of nitrogen functional groups attached to an aromatic ring is 1. The van der Waals surface area contributed by atoms with Crippen LogP contribution in [0.1, 0.15) is 17.5 Å². The third-order valence-electron chi connectivity index (χ3n) is 3.10. The Morgan fingerprint density at radius 2 is 1.80 bits per heavy atom. The topological polar surface area (TPSA) is 35.2 Å². The first kappa shape index (κ1) is 14.8. The molecule has 2 aromatic rings. The molecule has 106 valence electrons. The minimum Gasteiger partial charge on any atom is -0.494 e. The second kappa shape index (κ2) is 7.85. The van der Waals surface area contributed by atoms with Crippen molar-refractivity contribution in [2.24, 2.45) is 0 Å². The molecule has 3 heteroatoms. The molecule has 0 aliphatic carbocycles. The smallest absolute Gasteiger partial charge is 0.119 e. The van der Waals surface area contributed by atoms with Gasteiger partial charge in [0.15, 0.2) is 0 Å². The van der Waals surface area contributed by atoms with Gasteiger partial charge < -0.3 is 10.5 Å². The molecule has 0 unspecified atom stereocenters. The predicted molar refractivity (Wildman–Crippen MR) is 88.3 cm³/mol. The Hall–Kier alpha value is -1.61. The van der Waals surface area contributed by atoms with Crippen molar-refractivity contribution in [3.63, 3.8) is 0 Å². The van der Waals surface area contributed by atoms with Gasteiger partial charge in [-0.05, 0) is 54.5 Å². The normalized spacial score (nSPS) is 10.4. The van der Waals surface area contributed by atoms with Gasteiger partial charge in [0, 0.05) is 11.4 Å². The van der Waals surface area contributed by atoms with Gasteiger partial charge in [-0.3, -0.25) is 0 Å². The Labute approximate surface area is 125 Å². The molecule has 0 atom stereocenters. The van der Waals surface area contributed by atoms with Gasteiger partial charge in [-0.1, -0.05) is 24.3 Å². The highest BCUT2D eigenvalue weighted by Crippen LogP contribution is 2.17. The van der Waals surface area contributed by atoms with Crippen LogP contribution in [0.4, 0.5) is 5.69 Å². The van der Waals surface area contributed by atoms with Gasteiger partial charge in [-0.2, -0.15) is 11.8 Å². The molecule has 0 aliphatic heterocycles. The summed E-state index contributed by atoms with van der Waals surface area (Å²) in [6.45, 7) is 2.92. The number of anilines is 1. The van der Waals surface area contributed by atoms with Gasteiger partial charge in [0.2, 0.25) is 0 Å². The summed E-state index contributed by atoms with van der Waals surface area (Å²) in [6.07, 6.45) is 1.06. The molecule has 2 rings (SSSR count). The van der Waals surface area contributed by atoms with E-state index < -0.39 is 0 Å². The first-order valence-corrected chi connectivity index (χ1v) is 8.02. The lowest BCUT2D eigenvalue weighted by Crippen LogP contribution is -1.99. The SMILES string of the molecule is Cc1ccccc1CSCCCOc1ccc(N)cc1. The molecule has 0 spiro atoms. The van der Waals surface area contributed by atoms with Crippen molar-refractivity contribution in [2.45, 2.75) is 19.1 Å². The third-order valence-corrected chi connectivity index (χ3v) is 4.19. The Bertz CT molecular complexity index is 525. The lowest BCUT2D eigenvalue weighted by Gasteiger charge is -2.07. The summed E-state index contributed by atoms with van der Waals surface area (Å²) in [5.41, 5.74) is 9.20. The molecule has 0 bridgehead atoms. The van der Waals surface area contributed by atoms with Gasteiger partial charge in [-0.25, -0.2) is 0 Å². The second-order valence-corrected chi connectivity index (χ2v) is 5.86. The molecule has 0 aliphatic rings. The fourth-order valence-electron chi connectivity index (χ4n) is 1.87. The van der Waals surface area contributed by atoms with Crippen LogP contribution in [0.2, 0.25) is 0 Å². The van der Waals surface area contributed by atoms with Crippen LogP contribution in [-0.4, -0.2) is 12.4 Å². The van der Waals surface area contributed by atoms with Crippen molar-refractivity contribution in [2.75, 3.05) is 18.1 Å². The average molecular weight is 287 g/mol. The number of hydrogen-bond donors (Lipinski definition) is 1. The molecular weight excluding hydrogens is 266 g/mol. The van der Waals surface area contributed by atoms with E-state index in [4.69, 9.17) is 10.5 Å². The number of rotatable bonds is 7. The van der Waals surface area contributed by atoms with E-state index in [1.165, 1.54) is 11.1 Å². The summed E-state index contributed by atoms with van der Waals surface area (Å²) in [4.78, 5) is 0. The van der Waals surface area contributed by atoms with Gasteiger partial charge in [0.25, 0.3) is 0 Å². The summed E-state index contributed by atoms with van der Waals surface area (Å²) in [6, 6.07) is 16.1. The van der Waals surface area contributed by atoms with Gasteiger partial charge in [-0.15, -0.1) is 0 Å². The molecule has 2 N–H and O–H groups in total. The van der Waals surface area contributed by atoms with E-state index in [9.17, 15) is 0 Å². The number of aryl methyl sites for hydroxylation is 1. The summed E-state index contributed by atoms with van der Waals surface area (Å²) < 4.78 is 5.67. The van der Waals surface area contributed by atoms with Crippen molar-refractivity contribution in [3.8, 4) is 5.75 Å². The number of nitrogens with two attached hydrogens (primary N) is 1. The van der Waals surface area contributed by atoms with Crippen molar-refractivity contribution >= 4 is 17.4 Å². The fraction of sp³-hybridized carbons (Fsp3) is 0.294. The number of benzene rings is 2. The van der Waals surface area contributed by atoms with E-state index in [1.807, 2.05) is 36.0 Å². The molecule has 0 aromatic heterocycles. The monoisotopic (exact) mass is 287 g/mol. The Morgan fingerprint density at radius 3 is 2.55 bits per heavy atom. The summed E-state index contributed by atoms with van der Waals surface area (Å²) in [5, 5.41) is 0. The molecule has 0 saturated carbocycles. The van der Waals surface area contributed by atoms with E-state index in [-0.39, 0.29) is 0 Å². The molecular formula is C17H21NOS. The second-order valence-electron chi connectivity index (χ2n) is 4.75. The zero-order valence-electron chi connectivity index (χ0n) is 11.8. The maximum atomic E-state index is 5.67. The molecule has 2 nitrogen and oxygen atoms in total. The number of ether oxygens (including phenoxy) is 1. The lowest BCUT2D eigenvalue weighted by atomic mass is 10.1. The zero-order chi connectivity index (χ0) is 14.2. The van der Waals surface area contributed by atoms with Crippen LogP contribution in [0.3, 0.4) is 0 Å². The van der Waals surface area contributed by atoms with Crippen molar-refractivity contribution in [1.82, 2.24) is 0 Å². The minimum absolute atomic E-state index is 0.755. The summed E-state index contributed by atoms with van der Waals surface area (Å²) in [5.74, 6) is 3.08. The lowest BCUT2D eigenvalue weighted by molar-refractivity contribution is 0.319. The Kier molecular flexibility index (Phi) is 5.81. The quantitative estimate of drug-likeness (QED) is 0.610.